The van der Waals surface area contributed by atoms with Gasteiger partial charge in [0.05, 0.1) is 23.8 Å². The third kappa shape index (κ3) is 7.26. The number of hydrogen-bond acceptors (Lipinski definition) is 6. The Hall–Kier alpha value is -2.99. The second-order valence-electron chi connectivity index (χ2n) is 7.26. The zero-order valence-corrected chi connectivity index (χ0v) is 18.5. The summed E-state index contributed by atoms with van der Waals surface area (Å²) in [5.41, 5.74) is 0.702. The van der Waals surface area contributed by atoms with E-state index in [9.17, 15) is 26.4 Å². The standard InChI is InChI=1S/C21H23F3N2O6S/c1-14-3-5-16(18(11-14)32-13-21(22,23)24)26-20(27)7-8-25-33(28,29)15-4-6-17-19(12-15)31-10-2-9-30-17/h3-6,11-12,25H,2,7-10,13H2,1H3,(H,26,27). The average Bonchev–Trinajstić information content (AvgIpc) is 2.98. The van der Waals surface area contributed by atoms with Crippen LogP contribution in [0, 0.1) is 6.92 Å². The van der Waals surface area contributed by atoms with Gasteiger partial charge in [-0.2, -0.15) is 13.2 Å². The molecular formula is C21H23F3N2O6S. The average molecular weight is 488 g/mol. The summed E-state index contributed by atoms with van der Waals surface area (Å²) in [7, 11) is -3.93. The van der Waals surface area contributed by atoms with Crippen molar-refractivity contribution in [3.63, 3.8) is 0 Å². The lowest BCUT2D eigenvalue weighted by atomic mass is 10.2. The maximum atomic E-state index is 12.5. The van der Waals surface area contributed by atoms with Crippen LogP contribution in [0.3, 0.4) is 0 Å². The molecule has 8 nitrogen and oxygen atoms in total. The molecule has 2 N–H and O–H groups in total. The molecule has 0 aliphatic carbocycles. The Morgan fingerprint density at radius 2 is 1.82 bits per heavy atom. The second kappa shape index (κ2) is 10.3. The SMILES string of the molecule is Cc1ccc(NC(=O)CCNS(=O)(=O)c2ccc3c(c2)OCCCO3)c(OCC(F)(F)F)c1. The Labute approximate surface area is 189 Å². The molecule has 3 rings (SSSR count). The van der Waals surface area contributed by atoms with E-state index in [1.165, 1.54) is 30.3 Å². The molecule has 0 atom stereocenters. The molecule has 0 bridgehead atoms. The van der Waals surface area contributed by atoms with Gasteiger partial charge in [0.25, 0.3) is 0 Å². The highest BCUT2D eigenvalue weighted by Crippen LogP contribution is 2.32. The largest absolute Gasteiger partial charge is 0.490 e. The fourth-order valence-electron chi connectivity index (χ4n) is 2.92. The zero-order valence-electron chi connectivity index (χ0n) is 17.7. The molecule has 0 radical (unpaired) electrons. The number of benzene rings is 2. The van der Waals surface area contributed by atoms with E-state index in [4.69, 9.17) is 14.2 Å². The molecule has 180 valence electrons. The van der Waals surface area contributed by atoms with Gasteiger partial charge in [0.2, 0.25) is 15.9 Å². The maximum absolute atomic E-state index is 12.5. The second-order valence-corrected chi connectivity index (χ2v) is 9.03. The highest BCUT2D eigenvalue weighted by Gasteiger charge is 2.29. The van der Waals surface area contributed by atoms with E-state index in [1.807, 2.05) is 0 Å². The van der Waals surface area contributed by atoms with Crippen LogP contribution in [0.25, 0.3) is 0 Å². The van der Waals surface area contributed by atoms with Gasteiger partial charge in [0.15, 0.2) is 18.1 Å². The normalized spacial score (nSPS) is 13.8. The first-order chi connectivity index (χ1) is 15.5. The highest BCUT2D eigenvalue weighted by atomic mass is 32.2. The van der Waals surface area contributed by atoms with Crippen molar-refractivity contribution in [1.82, 2.24) is 4.72 Å². The minimum Gasteiger partial charge on any atom is -0.490 e. The van der Waals surface area contributed by atoms with Gasteiger partial charge in [0, 0.05) is 25.5 Å². The minimum absolute atomic E-state index is 0.0477. The van der Waals surface area contributed by atoms with Gasteiger partial charge in [0.1, 0.15) is 5.75 Å². The molecule has 2 aromatic carbocycles. The number of rotatable bonds is 8. The Bertz CT molecular complexity index is 1110. The number of halogens is 3. The highest BCUT2D eigenvalue weighted by molar-refractivity contribution is 7.89. The lowest BCUT2D eigenvalue weighted by Gasteiger charge is -2.15. The molecular weight excluding hydrogens is 465 g/mol. The summed E-state index contributed by atoms with van der Waals surface area (Å²) < 4.78 is 80.6. The maximum Gasteiger partial charge on any atom is 0.422 e. The lowest BCUT2D eigenvalue weighted by Crippen LogP contribution is -2.28. The molecule has 1 aliphatic rings. The number of carbonyl (C=O) groups is 1. The fraction of sp³-hybridized carbons (Fsp3) is 0.381. The first-order valence-electron chi connectivity index (χ1n) is 10.0. The number of alkyl halides is 3. The van der Waals surface area contributed by atoms with E-state index < -0.39 is 28.7 Å². The van der Waals surface area contributed by atoms with Crippen molar-refractivity contribution >= 4 is 21.6 Å². The van der Waals surface area contributed by atoms with E-state index >= 15 is 0 Å². The van der Waals surface area contributed by atoms with Crippen LogP contribution in [0.1, 0.15) is 18.4 Å². The van der Waals surface area contributed by atoms with Crippen LogP contribution in [0.2, 0.25) is 0 Å². The van der Waals surface area contributed by atoms with Crippen molar-refractivity contribution in [2.75, 3.05) is 31.7 Å². The van der Waals surface area contributed by atoms with Crippen molar-refractivity contribution < 1.29 is 40.6 Å². The van der Waals surface area contributed by atoms with Gasteiger partial charge in [-0.15, -0.1) is 0 Å². The van der Waals surface area contributed by atoms with E-state index in [2.05, 4.69) is 10.0 Å². The van der Waals surface area contributed by atoms with Crippen LogP contribution in [0.15, 0.2) is 41.3 Å². The van der Waals surface area contributed by atoms with Crippen LogP contribution in [-0.4, -0.2) is 46.9 Å². The first kappa shape index (κ1) is 24.6. The number of nitrogens with one attached hydrogen (secondary N) is 2. The van der Waals surface area contributed by atoms with E-state index in [1.54, 1.807) is 13.0 Å². The molecule has 0 aromatic heterocycles. The molecule has 12 heteroatoms. The van der Waals surface area contributed by atoms with Crippen molar-refractivity contribution in [1.29, 1.82) is 0 Å². The topological polar surface area (TPSA) is 103 Å². The molecule has 0 spiro atoms. The van der Waals surface area contributed by atoms with Crippen molar-refractivity contribution in [3.05, 3.63) is 42.0 Å². The van der Waals surface area contributed by atoms with Crippen LogP contribution in [0.4, 0.5) is 18.9 Å². The van der Waals surface area contributed by atoms with Crippen LogP contribution in [-0.2, 0) is 14.8 Å². The monoisotopic (exact) mass is 488 g/mol. The summed E-state index contributed by atoms with van der Waals surface area (Å²) in [4.78, 5) is 12.2. The van der Waals surface area contributed by atoms with Crippen molar-refractivity contribution in [2.45, 2.75) is 30.8 Å². The quantitative estimate of drug-likeness (QED) is 0.591. The molecule has 2 aromatic rings. The summed E-state index contributed by atoms with van der Waals surface area (Å²) in [6, 6.07) is 8.60. The molecule has 0 saturated carbocycles. The Morgan fingerprint density at radius 1 is 1.09 bits per heavy atom. The summed E-state index contributed by atoms with van der Waals surface area (Å²) >= 11 is 0. The smallest absolute Gasteiger partial charge is 0.422 e. The number of hydrogen-bond donors (Lipinski definition) is 2. The zero-order chi connectivity index (χ0) is 24.1. The third-order valence-corrected chi connectivity index (χ3v) is 5.93. The number of amides is 1. The molecule has 1 heterocycles. The van der Waals surface area contributed by atoms with Gasteiger partial charge in [-0.05, 0) is 36.8 Å². The minimum atomic E-state index is -4.53. The number of fused-ring (bicyclic) bond motifs is 1. The third-order valence-electron chi connectivity index (χ3n) is 4.48. The van der Waals surface area contributed by atoms with Gasteiger partial charge < -0.3 is 19.5 Å². The molecule has 1 aliphatic heterocycles. The molecule has 0 saturated heterocycles. The van der Waals surface area contributed by atoms with Gasteiger partial charge >= 0.3 is 6.18 Å². The van der Waals surface area contributed by atoms with Crippen LogP contribution >= 0.6 is 0 Å². The van der Waals surface area contributed by atoms with Gasteiger partial charge in [-0.1, -0.05) is 6.07 Å². The van der Waals surface area contributed by atoms with Gasteiger partial charge in [-0.3, -0.25) is 4.79 Å². The molecule has 0 unspecified atom stereocenters. The summed E-state index contributed by atoms with van der Waals surface area (Å²) in [5, 5.41) is 2.45. The van der Waals surface area contributed by atoms with E-state index in [-0.39, 0.29) is 29.3 Å². The number of anilines is 1. The molecule has 0 fully saturated rings. The van der Waals surface area contributed by atoms with Gasteiger partial charge in [-0.25, -0.2) is 13.1 Å². The van der Waals surface area contributed by atoms with Crippen LogP contribution < -0.4 is 24.2 Å². The molecule has 1 amide bonds. The summed E-state index contributed by atoms with van der Waals surface area (Å²) in [6.07, 6.45) is -4.11. The summed E-state index contributed by atoms with van der Waals surface area (Å²) in [5.74, 6) is 0.0388. The lowest BCUT2D eigenvalue weighted by molar-refractivity contribution is -0.153. The predicted octanol–water partition coefficient (Wildman–Crippen LogP) is 3.40. The first-order valence-corrected chi connectivity index (χ1v) is 11.5. The van der Waals surface area contributed by atoms with E-state index in [0.29, 0.717) is 36.7 Å². The summed E-state index contributed by atoms with van der Waals surface area (Å²) in [6.45, 7) is 0.802. The van der Waals surface area contributed by atoms with E-state index in [0.717, 1.165) is 0 Å². The Kier molecular flexibility index (Phi) is 7.69. The van der Waals surface area contributed by atoms with Crippen molar-refractivity contribution in [2.24, 2.45) is 0 Å². The van der Waals surface area contributed by atoms with Crippen LogP contribution in [0.5, 0.6) is 17.2 Å². The Morgan fingerprint density at radius 3 is 2.55 bits per heavy atom. The number of carbonyl (C=O) groups excluding carboxylic acids is 1. The molecule has 33 heavy (non-hydrogen) atoms. The number of sulfonamides is 1. The predicted molar refractivity (Wildman–Crippen MR) is 113 cm³/mol. The number of ether oxygens (including phenoxy) is 3. The van der Waals surface area contributed by atoms with Crippen molar-refractivity contribution in [3.8, 4) is 17.2 Å². The number of aryl methyl sites for hydroxylation is 1. The fourth-order valence-corrected chi connectivity index (χ4v) is 3.96. The Balaban J connectivity index is 1.58.